The molecule has 1 saturated carbocycles. The van der Waals surface area contributed by atoms with Crippen molar-refractivity contribution in [2.75, 3.05) is 0 Å². The number of rotatable bonds is 2. The number of benzene rings is 1. The van der Waals surface area contributed by atoms with Gasteiger partial charge in [0.05, 0.1) is 0 Å². The van der Waals surface area contributed by atoms with Crippen LogP contribution < -0.4 is 5.73 Å². The van der Waals surface area contributed by atoms with Gasteiger partial charge in [-0.25, -0.2) is 4.39 Å². The third-order valence-corrected chi connectivity index (χ3v) is 3.18. The zero-order valence-corrected chi connectivity index (χ0v) is 8.87. The van der Waals surface area contributed by atoms with Crippen molar-refractivity contribution >= 4 is 11.6 Å². The summed E-state index contributed by atoms with van der Waals surface area (Å²) in [5, 5.41) is 0.490. The van der Waals surface area contributed by atoms with Crippen LogP contribution in [0.3, 0.4) is 0 Å². The van der Waals surface area contributed by atoms with E-state index in [0.29, 0.717) is 10.6 Å². The van der Waals surface area contributed by atoms with E-state index in [9.17, 15) is 4.39 Å². The van der Waals surface area contributed by atoms with Crippen molar-refractivity contribution in [2.24, 2.45) is 5.73 Å². The van der Waals surface area contributed by atoms with E-state index < -0.39 is 0 Å². The molecule has 0 amide bonds. The molecule has 2 rings (SSSR count). The Morgan fingerprint density at radius 1 is 1.50 bits per heavy atom. The Hall–Kier alpha value is -0.600. The van der Waals surface area contributed by atoms with E-state index in [1.807, 2.05) is 6.07 Å². The zero-order chi connectivity index (χ0) is 10.3. The van der Waals surface area contributed by atoms with Crippen LogP contribution >= 0.6 is 11.6 Å². The molecule has 1 aromatic rings. The Morgan fingerprint density at radius 3 is 2.64 bits per heavy atom. The van der Waals surface area contributed by atoms with E-state index in [-0.39, 0.29) is 11.4 Å². The van der Waals surface area contributed by atoms with Gasteiger partial charge in [-0.3, -0.25) is 0 Å². The van der Waals surface area contributed by atoms with Crippen LogP contribution in [0.5, 0.6) is 0 Å². The van der Waals surface area contributed by atoms with Crippen molar-refractivity contribution < 1.29 is 4.39 Å². The van der Waals surface area contributed by atoms with Crippen molar-refractivity contribution in [2.45, 2.75) is 31.7 Å². The maximum atomic E-state index is 13.3. The molecule has 1 nitrogen and oxygen atoms in total. The highest BCUT2D eigenvalue weighted by Crippen LogP contribution is 2.36. The van der Waals surface area contributed by atoms with Gasteiger partial charge in [-0.1, -0.05) is 11.6 Å². The maximum absolute atomic E-state index is 13.3. The van der Waals surface area contributed by atoms with E-state index in [0.717, 1.165) is 24.8 Å². The summed E-state index contributed by atoms with van der Waals surface area (Å²) in [7, 11) is 0. The first-order chi connectivity index (χ1) is 6.50. The lowest BCUT2D eigenvalue weighted by atomic mass is 10.0. The minimum absolute atomic E-state index is 0.0922. The van der Waals surface area contributed by atoms with Crippen LogP contribution in [-0.4, -0.2) is 5.54 Å². The molecule has 0 aromatic heterocycles. The smallest absolute Gasteiger partial charge is 0.127 e. The van der Waals surface area contributed by atoms with E-state index in [1.54, 1.807) is 6.92 Å². The number of hydrogen-bond donors (Lipinski definition) is 1. The molecule has 3 heteroatoms. The van der Waals surface area contributed by atoms with Gasteiger partial charge in [0.15, 0.2) is 0 Å². The van der Waals surface area contributed by atoms with Gasteiger partial charge in [0.25, 0.3) is 0 Å². The molecule has 1 aliphatic carbocycles. The Labute approximate surface area is 88.1 Å². The summed E-state index contributed by atoms with van der Waals surface area (Å²) >= 11 is 5.89. The molecule has 1 fully saturated rings. The van der Waals surface area contributed by atoms with Gasteiger partial charge in [0.2, 0.25) is 0 Å². The first kappa shape index (κ1) is 9.94. The Kier molecular flexibility index (Phi) is 2.28. The van der Waals surface area contributed by atoms with Crippen LogP contribution in [0.2, 0.25) is 5.02 Å². The first-order valence-corrected chi connectivity index (χ1v) is 5.11. The Morgan fingerprint density at radius 2 is 2.14 bits per heavy atom. The molecule has 1 aliphatic rings. The minimum Gasteiger partial charge on any atom is -0.325 e. The molecule has 14 heavy (non-hydrogen) atoms. The maximum Gasteiger partial charge on any atom is 0.127 e. The Bertz CT molecular complexity index is 349. The second-order valence-electron chi connectivity index (χ2n) is 4.22. The fourth-order valence-electron chi connectivity index (χ4n) is 1.54. The van der Waals surface area contributed by atoms with Crippen molar-refractivity contribution in [3.05, 3.63) is 34.1 Å². The zero-order valence-electron chi connectivity index (χ0n) is 8.11. The highest BCUT2D eigenvalue weighted by Gasteiger charge is 2.38. The average Bonchev–Trinajstić information content (AvgIpc) is 2.79. The van der Waals surface area contributed by atoms with Crippen molar-refractivity contribution in [3.63, 3.8) is 0 Å². The molecule has 0 bridgehead atoms. The third kappa shape index (κ3) is 1.91. The quantitative estimate of drug-likeness (QED) is 0.804. The van der Waals surface area contributed by atoms with Crippen molar-refractivity contribution in [1.82, 2.24) is 0 Å². The van der Waals surface area contributed by atoms with E-state index in [2.05, 4.69) is 0 Å². The van der Waals surface area contributed by atoms with Gasteiger partial charge in [-0.2, -0.15) is 0 Å². The summed E-state index contributed by atoms with van der Waals surface area (Å²) in [6.45, 7) is 1.68. The predicted molar refractivity (Wildman–Crippen MR) is 56.0 cm³/mol. The standard InChI is InChI=1S/C11H13ClFN/c1-7-9(12)4-8(5-10(7)13)6-11(14)2-3-11/h4-5H,2-3,6,14H2,1H3. The highest BCUT2D eigenvalue weighted by molar-refractivity contribution is 6.31. The summed E-state index contributed by atoms with van der Waals surface area (Å²) in [5.41, 5.74) is 7.27. The molecule has 0 atom stereocenters. The van der Waals surface area contributed by atoms with Crippen molar-refractivity contribution in [1.29, 1.82) is 0 Å². The molecule has 2 N–H and O–H groups in total. The third-order valence-electron chi connectivity index (χ3n) is 2.79. The van der Waals surface area contributed by atoms with Crippen LogP contribution in [0.4, 0.5) is 4.39 Å². The van der Waals surface area contributed by atoms with Gasteiger partial charge < -0.3 is 5.73 Å². The summed E-state index contributed by atoms with van der Waals surface area (Å²) in [5.74, 6) is -0.239. The molecule has 0 unspecified atom stereocenters. The largest absolute Gasteiger partial charge is 0.325 e. The molecule has 1 aromatic carbocycles. The fourth-order valence-corrected chi connectivity index (χ4v) is 1.77. The molecule has 0 radical (unpaired) electrons. The van der Waals surface area contributed by atoms with E-state index in [4.69, 9.17) is 17.3 Å². The summed E-state index contributed by atoms with van der Waals surface area (Å²) in [4.78, 5) is 0. The lowest BCUT2D eigenvalue weighted by Gasteiger charge is -2.10. The van der Waals surface area contributed by atoms with Gasteiger partial charge >= 0.3 is 0 Å². The average molecular weight is 214 g/mol. The van der Waals surface area contributed by atoms with Gasteiger partial charge in [-0.15, -0.1) is 0 Å². The monoisotopic (exact) mass is 213 g/mol. The fraction of sp³-hybridized carbons (Fsp3) is 0.455. The van der Waals surface area contributed by atoms with Crippen LogP contribution in [0.25, 0.3) is 0 Å². The summed E-state index contributed by atoms with van der Waals surface area (Å²) < 4.78 is 13.3. The SMILES string of the molecule is Cc1c(F)cc(CC2(N)CC2)cc1Cl. The van der Waals surface area contributed by atoms with Gasteiger partial charge in [0, 0.05) is 16.1 Å². The van der Waals surface area contributed by atoms with Crippen LogP contribution in [0.15, 0.2) is 12.1 Å². The lowest BCUT2D eigenvalue weighted by Crippen LogP contribution is -2.24. The van der Waals surface area contributed by atoms with E-state index in [1.165, 1.54) is 6.07 Å². The van der Waals surface area contributed by atoms with E-state index >= 15 is 0 Å². The molecular weight excluding hydrogens is 201 g/mol. The number of nitrogens with two attached hydrogens (primary N) is 1. The summed E-state index contributed by atoms with van der Waals surface area (Å²) in [6, 6.07) is 3.35. The van der Waals surface area contributed by atoms with Crippen molar-refractivity contribution in [3.8, 4) is 0 Å². The Balaban J connectivity index is 2.26. The number of hydrogen-bond acceptors (Lipinski definition) is 1. The first-order valence-electron chi connectivity index (χ1n) is 4.74. The lowest BCUT2D eigenvalue weighted by molar-refractivity contribution is 0.610. The molecular formula is C11H13ClFN. The molecule has 0 heterocycles. The molecule has 0 aliphatic heterocycles. The predicted octanol–water partition coefficient (Wildman–Crippen LogP) is 2.82. The van der Waals surface area contributed by atoms with Gasteiger partial charge in [-0.05, 0) is 43.9 Å². The molecule has 0 saturated heterocycles. The number of halogens is 2. The highest BCUT2D eigenvalue weighted by atomic mass is 35.5. The second kappa shape index (κ2) is 3.21. The second-order valence-corrected chi connectivity index (χ2v) is 4.63. The molecule has 0 spiro atoms. The van der Waals surface area contributed by atoms with Crippen LogP contribution in [0, 0.1) is 12.7 Å². The summed E-state index contributed by atoms with van der Waals surface area (Å²) in [6.07, 6.45) is 2.78. The van der Waals surface area contributed by atoms with Crippen LogP contribution in [-0.2, 0) is 6.42 Å². The van der Waals surface area contributed by atoms with Crippen LogP contribution in [0.1, 0.15) is 24.0 Å². The molecule has 76 valence electrons. The minimum atomic E-state index is -0.239. The normalized spacial score (nSPS) is 18.3. The topological polar surface area (TPSA) is 26.0 Å². The van der Waals surface area contributed by atoms with Gasteiger partial charge in [0.1, 0.15) is 5.82 Å².